The highest BCUT2D eigenvalue weighted by atomic mass is 35.5. The van der Waals surface area contributed by atoms with Crippen molar-refractivity contribution in [3.63, 3.8) is 0 Å². The van der Waals surface area contributed by atoms with Crippen molar-refractivity contribution < 1.29 is 19.5 Å². The summed E-state index contributed by atoms with van der Waals surface area (Å²) in [5, 5.41) is 9.80. The van der Waals surface area contributed by atoms with E-state index in [1.807, 2.05) is 0 Å². The van der Waals surface area contributed by atoms with Gasteiger partial charge in [0.05, 0.1) is 10.7 Å². The first kappa shape index (κ1) is 18.1. The van der Waals surface area contributed by atoms with Gasteiger partial charge in [0.15, 0.2) is 0 Å². The predicted octanol–water partition coefficient (Wildman–Crippen LogP) is 1.50. The molecule has 0 saturated carbocycles. The third-order valence-corrected chi connectivity index (χ3v) is 2.65. The van der Waals surface area contributed by atoms with E-state index in [0.717, 1.165) is 7.11 Å². The number of aldehydes is 2. The lowest BCUT2D eigenvalue weighted by Gasteiger charge is -2.22. The number of carbonyl (C=O) groups is 3. The van der Waals surface area contributed by atoms with E-state index in [0.29, 0.717) is 28.8 Å². The second-order valence-electron chi connectivity index (χ2n) is 3.49. The Hall–Kier alpha value is -1.92. The molecule has 0 atom stereocenters. The molecule has 6 nitrogen and oxygen atoms in total. The van der Waals surface area contributed by atoms with Crippen molar-refractivity contribution in [3.05, 3.63) is 28.8 Å². The molecule has 2 amide bonds. The van der Waals surface area contributed by atoms with E-state index in [2.05, 4.69) is 5.32 Å². The maximum atomic E-state index is 11.7. The molecule has 1 aromatic rings. The van der Waals surface area contributed by atoms with Crippen molar-refractivity contribution >= 4 is 35.9 Å². The van der Waals surface area contributed by atoms with Gasteiger partial charge in [0.2, 0.25) is 0 Å². The molecule has 0 spiro atoms. The van der Waals surface area contributed by atoms with Crippen molar-refractivity contribution in [2.75, 3.05) is 25.6 Å². The molecule has 0 saturated heterocycles. The lowest BCUT2D eigenvalue weighted by molar-refractivity contribution is -0.107. The number of hydrogen-bond acceptors (Lipinski definition) is 4. The molecule has 0 bridgehead atoms. The third-order valence-electron chi connectivity index (χ3n) is 2.33. The summed E-state index contributed by atoms with van der Waals surface area (Å²) < 4.78 is 0. The molecule has 1 aromatic carbocycles. The van der Waals surface area contributed by atoms with Gasteiger partial charge in [0.1, 0.15) is 12.6 Å². The van der Waals surface area contributed by atoms with Crippen molar-refractivity contribution in [3.8, 4) is 0 Å². The number of benzene rings is 1. The van der Waals surface area contributed by atoms with Gasteiger partial charge in [-0.1, -0.05) is 17.7 Å². The van der Waals surface area contributed by atoms with E-state index in [9.17, 15) is 14.4 Å². The van der Waals surface area contributed by atoms with Gasteiger partial charge in [0.25, 0.3) is 0 Å². The van der Waals surface area contributed by atoms with Crippen LogP contribution in [0.15, 0.2) is 18.2 Å². The molecule has 1 rings (SSSR count). The highest BCUT2D eigenvalue weighted by Gasteiger charge is 2.17. The largest absolute Gasteiger partial charge is 0.400 e. The first-order valence-electron chi connectivity index (χ1n) is 5.76. The number of nitrogens with zero attached hydrogens (tertiary/aromatic N) is 1. The molecule has 0 aromatic heterocycles. The van der Waals surface area contributed by atoms with E-state index >= 15 is 0 Å². The number of aliphatic hydroxyl groups is 1. The van der Waals surface area contributed by atoms with Crippen LogP contribution in [0.5, 0.6) is 0 Å². The fraction of sp³-hybridized carbons (Fsp3) is 0.308. The molecular formula is C13H17ClN2O4. The summed E-state index contributed by atoms with van der Waals surface area (Å²) in [5.74, 6) is 0. The summed E-state index contributed by atoms with van der Waals surface area (Å²) in [4.78, 5) is 34.2. The number of hydrogen-bond donors (Lipinski definition) is 2. The van der Waals surface area contributed by atoms with Crippen LogP contribution in [-0.4, -0.2) is 44.4 Å². The van der Waals surface area contributed by atoms with Gasteiger partial charge in [-0.05, 0) is 12.1 Å². The lowest BCUT2D eigenvalue weighted by Crippen LogP contribution is -2.39. The molecule has 2 N–H and O–H groups in total. The Bertz CT molecular complexity index is 466. The van der Waals surface area contributed by atoms with Crippen LogP contribution in [0.4, 0.5) is 10.5 Å². The zero-order valence-corrected chi connectivity index (χ0v) is 12.1. The first-order valence-corrected chi connectivity index (χ1v) is 6.14. The maximum absolute atomic E-state index is 11.7. The normalized spacial score (nSPS) is 9.00. The van der Waals surface area contributed by atoms with E-state index in [1.54, 1.807) is 6.07 Å². The highest BCUT2D eigenvalue weighted by Crippen LogP contribution is 2.26. The number of anilines is 1. The Labute approximate surface area is 122 Å². The van der Waals surface area contributed by atoms with Crippen molar-refractivity contribution in [1.29, 1.82) is 0 Å². The SMILES string of the molecule is CNC(=O)N(CCC=O)c1cc(C=O)ccc1Cl.CO. The molecule has 0 aliphatic heterocycles. The summed E-state index contributed by atoms with van der Waals surface area (Å²) in [5.41, 5.74) is 0.817. The van der Waals surface area contributed by atoms with Crippen LogP contribution < -0.4 is 10.2 Å². The molecule has 20 heavy (non-hydrogen) atoms. The molecule has 0 fully saturated rings. The van der Waals surface area contributed by atoms with E-state index in [4.69, 9.17) is 16.7 Å². The molecule has 7 heteroatoms. The number of halogens is 1. The van der Waals surface area contributed by atoms with Crippen LogP contribution in [0.2, 0.25) is 5.02 Å². The van der Waals surface area contributed by atoms with Gasteiger partial charge >= 0.3 is 6.03 Å². The maximum Gasteiger partial charge on any atom is 0.321 e. The number of urea groups is 1. The second kappa shape index (κ2) is 9.94. The Morgan fingerprint density at radius 2 is 2.05 bits per heavy atom. The van der Waals surface area contributed by atoms with Gasteiger partial charge in [-0.3, -0.25) is 9.69 Å². The van der Waals surface area contributed by atoms with E-state index in [1.165, 1.54) is 24.1 Å². The van der Waals surface area contributed by atoms with Gasteiger partial charge in [0, 0.05) is 32.7 Å². The lowest BCUT2D eigenvalue weighted by atomic mass is 10.2. The van der Waals surface area contributed by atoms with Crippen molar-refractivity contribution in [1.82, 2.24) is 5.32 Å². The molecule has 0 aliphatic carbocycles. The topological polar surface area (TPSA) is 86.7 Å². The Kier molecular flexibility index (Phi) is 8.98. The second-order valence-corrected chi connectivity index (χ2v) is 3.90. The zero-order valence-electron chi connectivity index (χ0n) is 11.3. The predicted molar refractivity (Wildman–Crippen MR) is 77.5 cm³/mol. The molecule has 110 valence electrons. The van der Waals surface area contributed by atoms with Crippen LogP contribution in [0.25, 0.3) is 0 Å². The number of nitrogens with one attached hydrogen (secondary N) is 1. The first-order chi connectivity index (χ1) is 9.63. The Balaban J connectivity index is 0.00000172. The standard InChI is InChI=1S/C12H13ClN2O3.CH4O/c1-14-12(18)15(5-2-6-16)11-7-9(8-17)3-4-10(11)13;1-2/h3-4,6-8H,2,5H2,1H3,(H,14,18);2H,1H3. The number of carbonyl (C=O) groups excluding carboxylic acids is 3. The molecule has 0 heterocycles. The third kappa shape index (κ3) is 4.99. The number of aliphatic hydroxyl groups excluding tert-OH is 1. The zero-order chi connectivity index (χ0) is 15.5. The Morgan fingerprint density at radius 1 is 1.40 bits per heavy atom. The molecule has 0 aliphatic rings. The highest BCUT2D eigenvalue weighted by molar-refractivity contribution is 6.34. The summed E-state index contributed by atoms with van der Waals surface area (Å²) in [7, 11) is 2.48. The minimum atomic E-state index is -0.387. The molecular weight excluding hydrogens is 284 g/mol. The minimum absolute atomic E-state index is 0.190. The van der Waals surface area contributed by atoms with Crippen LogP contribution in [0, 0.1) is 0 Å². The van der Waals surface area contributed by atoms with Gasteiger partial charge in [-0.25, -0.2) is 4.79 Å². The van der Waals surface area contributed by atoms with Crippen LogP contribution in [-0.2, 0) is 4.79 Å². The fourth-order valence-electron chi connectivity index (χ4n) is 1.46. The molecule has 0 unspecified atom stereocenters. The quantitative estimate of drug-likeness (QED) is 0.807. The van der Waals surface area contributed by atoms with E-state index < -0.39 is 0 Å². The van der Waals surface area contributed by atoms with Gasteiger partial charge in [-0.15, -0.1) is 0 Å². The summed E-state index contributed by atoms with van der Waals surface area (Å²) in [6, 6.07) is 4.22. The average Bonchev–Trinajstić information content (AvgIpc) is 2.50. The minimum Gasteiger partial charge on any atom is -0.400 e. The summed E-state index contributed by atoms with van der Waals surface area (Å²) in [6.45, 7) is 0.200. The smallest absolute Gasteiger partial charge is 0.321 e. The number of rotatable bonds is 5. The van der Waals surface area contributed by atoms with Crippen molar-refractivity contribution in [2.45, 2.75) is 6.42 Å². The van der Waals surface area contributed by atoms with Crippen LogP contribution in [0.3, 0.4) is 0 Å². The van der Waals surface area contributed by atoms with Gasteiger partial charge < -0.3 is 15.2 Å². The number of amides is 2. The van der Waals surface area contributed by atoms with Crippen LogP contribution >= 0.6 is 11.6 Å². The monoisotopic (exact) mass is 300 g/mol. The Morgan fingerprint density at radius 3 is 2.55 bits per heavy atom. The van der Waals surface area contributed by atoms with Crippen LogP contribution in [0.1, 0.15) is 16.8 Å². The fourth-order valence-corrected chi connectivity index (χ4v) is 1.68. The average molecular weight is 301 g/mol. The van der Waals surface area contributed by atoms with Gasteiger partial charge in [-0.2, -0.15) is 0 Å². The van der Waals surface area contributed by atoms with E-state index in [-0.39, 0.29) is 19.0 Å². The summed E-state index contributed by atoms with van der Waals surface area (Å²) in [6.07, 6.45) is 1.57. The molecule has 0 radical (unpaired) electrons. The van der Waals surface area contributed by atoms with Crippen molar-refractivity contribution in [2.24, 2.45) is 0 Å². The summed E-state index contributed by atoms with van der Waals surface area (Å²) >= 11 is 6.00.